The van der Waals surface area contributed by atoms with Crippen molar-refractivity contribution in [2.75, 3.05) is 32.1 Å². The van der Waals surface area contributed by atoms with Gasteiger partial charge in [-0.2, -0.15) is 0 Å². The van der Waals surface area contributed by atoms with Crippen LogP contribution in [0, 0.1) is 0 Å². The molecule has 39 heavy (non-hydrogen) atoms. The van der Waals surface area contributed by atoms with Crippen molar-refractivity contribution in [1.29, 1.82) is 0 Å². The van der Waals surface area contributed by atoms with Crippen molar-refractivity contribution in [2.45, 2.75) is 37.8 Å². The van der Waals surface area contributed by atoms with Gasteiger partial charge < -0.3 is 20.1 Å². The minimum atomic E-state index is -1.29. The number of nitrogens with zero attached hydrogens (tertiary/aromatic N) is 4. The lowest BCUT2D eigenvalue weighted by atomic mass is 10.0. The highest BCUT2D eigenvalue weighted by Crippen LogP contribution is 2.29. The zero-order valence-electron chi connectivity index (χ0n) is 21.6. The molecule has 2 aromatic carbocycles. The van der Waals surface area contributed by atoms with Crippen LogP contribution >= 0.6 is 0 Å². The minimum Gasteiger partial charge on any atom is -0.481 e. The second-order valence-electron chi connectivity index (χ2n) is 9.57. The SMILES string of the molecule is CN(C)c1ccc(C(=O)NN2CCC(=O)N3CCCC(C(=O)NC(C=O)CC(=O)O)N3C2=O)c2ccccc12. The van der Waals surface area contributed by atoms with Gasteiger partial charge in [0.25, 0.3) is 5.91 Å². The lowest BCUT2D eigenvalue weighted by molar-refractivity contribution is -0.155. The minimum absolute atomic E-state index is 0.0901. The first-order chi connectivity index (χ1) is 18.6. The smallest absolute Gasteiger partial charge is 0.358 e. The Hall–Kier alpha value is -4.68. The Labute approximate surface area is 224 Å². The molecule has 2 fully saturated rings. The number of anilines is 1. The number of carbonyl (C=O) groups is 6. The Bertz CT molecular complexity index is 1330. The van der Waals surface area contributed by atoms with Crippen LogP contribution in [0.15, 0.2) is 36.4 Å². The van der Waals surface area contributed by atoms with Crippen molar-refractivity contribution in [3.05, 3.63) is 42.0 Å². The van der Waals surface area contributed by atoms with Crippen molar-refractivity contribution >= 4 is 52.5 Å². The number of carboxylic acid groups (broad SMARTS) is 1. The lowest BCUT2D eigenvalue weighted by Crippen LogP contribution is -2.64. The number of urea groups is 1. The van der Waals surface area contributed by atoms with Gasteiger partial charge in [-0.15, -0.1) is 0 Å². The summed E-state index contributed by atoms with van der Waals surface area (Å²) in [5.74, 6) is -3.02. The number of hydrogen-bond donors (Lipinski definition) is 3. The molecule has 0 radical (unpaired) electrons. The molecule has 0 spiro atoms. The Balaban J connectivity index is 1.60. The predicted molar refractivity (Wildman–Crippen MR) is 139 cm³/mol. The largest absolute Gasteiger partial charge is 0.481 e. The van der Waals surface area contributed by atoms with Gasteiger partial charge in [0, 0.05) is 43.7 Å². The van der Waals surface area contributed by atoms with Gasteiger partial charge in [-0.05, 0) is 30.4 Å². The molecule has 2 atom stereocenters. The lowest BCUT2D eigenvalue weighted by Gasteiger charge is -2.42. The van der Waals surface area contributed by atoms with Crippen LogP contribution in [0.25, 0.3) is 10.8 Å². The molecule has 2 aromatic rings. The zero-order valence-corrected chi connectivity index (χ0v) is 21.6. The highest BCUT2D eigenvalue weighted by Gasteiger charge is 2.44. The van der Waals surface area contributed by atoms with Crippen LogP contribution in [0.3, 0.4) is 0 Å². The van der Waals surface area contributed by atoms with Crippen LogP contribution in [0.5, 0.6) is 0 Å². The quantitative estimate of drug-likeness (QED) is 0.415. The first-order valence-electron chi connectivity index (χ1n) is 12.5. The van der Waals surface area contributed by atoms with Crippen molar-refractivity contribution in [3.8, 4) is 0 Å². The van der Waals surface area contributed by atoms with E-state index < -0.39 is 48.2 Å². The Morgan fingerprint density at radius 2 is 1.82 bits per heavy atom. The zero-order chi connectivity index (χ0) is 28.3. The molecule has 4 rings (SSSR count). The number of hydrogen-bond acceptors (Lipinski definition) is 7. The van der Waals surface area contributed by atoms with Gasteiger partial charge in [-0.3, -0.25) is 24.6 Å². The highest BCUT2D eigenvalue weighted by atomic mass is 16.4. The van der Waals surface area contributed by atoms with E-state index in [2.05, 4.69) is 10.7 Å². The normalized spacial score (nSPS) is 18.2. The van der Waals surface area contributed by atoms with Gasteiger partial charge in [0.15, 0.2) is 0 Å². The maximum absolute atomic E-state index is 13.6. The van der Waals surface area contributed by atoms with Crippen molar-refractivity contribution in [2.24, 2.45) is 0 Å². The number of nitrogens with one attached hydrogen (secondary N) is 2. The van der Waals surface area contributed by atoms with Crippen LogP contribution in [0.2, 0.25) is 0 Å². The summed E-state index contributed by atoms with van der Waals surface area (Å²) in [6, 6.07) is 7.57. The summed E-state index contributed by atoms with van der Waals surface area (Å²) < 4.78 is 0. The fraction of sp³-hybridized carbons (Fsp3) is 0.385. The summed E-state index contributed by atoms with van der Waals surface area (Å²) in [6.07, 6.45) is 0.183. The molecule has 2 aliphatic heterocycles. The molecule has 3 N–H and O–H groups in total. The van der Waals surface area contributed by atoms with E-state index in [0.717, 1.165) is 21.1 Å². The molecule has 2 saturated heterocycles. The molecule has 13 heteroatoms. The fourth-order valence-electron chi connectivity index (χ4n) is 4.87. The number of rotatable bonds is 8. The topological polar surface area (TPSA) is 160 Å². The Morgan fingerprint density at radius 3 is 2.49 bits per heavy atom. The molecule has 2 heterocycles. The summed E-state index contributed by atoms with van der Waals surface area (Å²) >= 11 is 0. The monoisotopic (exact) mass is 538 g/mol. The van der Waals surface area contributed by atoms with Crippen molar-refractivity contribution < 1.29 is 33.9 Å². The third-order valence-electron chi connectivity index (χ3n) is 6.72. The van der Waals surface area contributed by atoms with E-state index in [0.29, 0.717) is 23.7 Å². The molecular formula is C26H30N6O7. The molecule has 13 nitrogen and oxygen atoms in total. The predicted octanol–water partition coefficient (Wildman–Crippen LogP) is 0.743. The first kappa shape index (κ1) is 27.4. The Morgan fingerprint density at radius 1 is 1.10 bits per heavy atom. The molecular weight excluding hydrogens is 508 g/mol. The first-order valence-corrected chi connectivity index (χ1v) is 12.5. The third-order valence-corrected chi connectivity index (χ3v) is 6.72. The molecule has 0 aromatic heterocycles. The van der Waals surface area contributed by atoms with Crippen molar-refractivity contribution in [3.63, 3.8) is 0 Å². The van der Waals surface area contributed by atoms with Crippen LogP contribution < -0.4 is 15.6 Å². The van der Waals surface area contributed by atoms with Gasteiger partial charge in [-0.25, -0.2) is 19.8 Å². The number of amides is 5. The molecule has 2 unspecified atom stereocenters. The van der Waals surface area contributed by atoms with E-state index in [1.165, 1.54) is 5.01 Å². The summed E-state index contributed by atoms with van der Waals surface area (Å²) in [5.41, 5.74) is 3.84. The average Bonchev–Trinajstić information content (AvgIpc) is 3.03. The van der Waals surface area contributed by atoms with E-state index in [9.17, 15) is 28.8 Å². The van der Waals surface area contributed by atoms with Crippen LogP contribution in [0.4, 0.5) is 10.5 Å². The van der Waals surface area contributed by atoms with E-state index in [-0.39, 0.29) is 25.9 Å². The van der Waals surface area contributed by atoms with E-state index in [1.807, 2.05) is 31.1 Å². The van der Waals surface area contributed by atoms with Crippen LogP contribution in [-0.4, -0.2) is 95.4 Å². The van der Waals surface area contributed by atoms with Gasteiger partial charge in [0.2, 0.25) is 11.8 Å². The van der Waals surface area contributed by atoms with Crippen LogP contribution in [0.1, 0.15) is 36.0 Å². The number of benzene rings is 2. The second kappa shape index (κ2) is 11.4. The average molecular weight is 539 g/mol. The summed E-state index contributed by atoms with van der Waals surface area (Å²) in [6.45, 7) is 0.0768. The van der Waals surface area contributed by atoms with Crippen molar-refractivity contribution in [1.82, 2.24) is 25.8 Å². The number of hydrazine groups is 2. The number of aliphatic carboxylic acids is 1. The van der Waals surface area contributed by atoms with Gasteiger partial charge in [-0.1, -0.05) is 24.3 Å². The Kier molecular flexibility index (Phi) is 7.98. The van der Waals surface area contributed by atoms with E-state index in [4.69, 9.17) is 5.11 Å². The summed E-state index contributed by atoms with van der Waals surface area (Å²) in [4.78, 5) is 77.2. The number of fused-ring (bicyclic) bond motifs is 2. The standard InChI is InChI=1S/C26H30N6O7/c1-29(2)20-10-9-19(17-6-3-4-7-18(17)20)24(37)28-30-13-11-22(34)31-12-5-8-21(32(31)26(30)39)25(38)27-16(15-33)14-23(35)36/h3-4,6-7,9-10,15-16,21H,5,8,11-14H2,1-2H3,(H,27,38)(H,28,37)(H,35,36). The highest BCUT2D eigenvalue weighted by molar-refractivity contribution is 6.10. The maximum atomic E-state index is 13.6. The van der Waals surface area contributed by atoms with Crippen LogP contribution in [-0.2, 0) is 19.2 Å². The van der Waals surface area contributed by atoms with Gasteiger partial charge in [0.05, 0.1) is 19.0 Å². The molecule has 5 amide bonds. The number of aldehydes is 1. The number of carboxylic acids is 1. The molecule has 0 bridgehead atoms. The molecule has 206 valence electrons. The van der Waals surface area contributed by atoms with Gasteiger partial charge >= 0.3 is 12.0 Å². The molecule has 0 saturated carbocycles. The summed E-state index contributed by atoms with van der Waals surface area (Å²) in [5, 5.41) is 16.0. The maximum Gasteiger partial charge on any atom is 0.358 e. The fourth-order valence-corrected chi connectivity index (χ4v) is 4.87. The van der Waals surface area contributed by atoms with E-state index in [1.54, 1.807) is 24.3 Å². The third kappa shape index (κ3) is 5.61. The summed E-state index contributed by atoms with van der Waals surface area (Å²) in [7, 11) is 3.79. The van der Waals surface area contributed by atoms with Gasteiger partial charge in [0.1, 0.15) is 12.3 Å². The molecule has 0 aliphatic carbocycles. The molecule has 2 aliphatic rings. The van der Waals surface area contributed by atoms with E-state index >= 15 is 0 Å². The number of carbonyl (C=O) groups excluding carboxylic acids is 5. The second-order valence-corrected chi connectivity index (χ2v) is 9.57.